The lowest BCUT2D eigenvalue weighted by Gasteiger charge is -2.11. The molecule has 0 bridgehead atoms. The minimum atomic E-state index is -0.419. The van der Waals surface area contributed by atoms with Crippen molar-refractivity contribution in [3.63, 3.8) is 0 Å². The number of aryl methyl sites for hydroxylation is 3. The van der Waals surface area contributed by atoms with E-state index >= 15 is 0 Å². The molecule has 146 valence electrons. The molecule has 3 rings (SSSR count). The molecule has 0 spiro atoms. The van der Waals surface area contributed by atoms with Gasteiger partial charge < -0.3 is 9.47 Å². The van der Waals surface area contributed by atoms with Crippen LogP contribution in [0.1, 0.15) is 39.4 Å². The Bertz CT molecular complexity index is 1020. The van der Waals surface area contributed by atoms with Crippen molar-refractivity contribution in [1.82, 2.24) is 14.6 Å². The van der Waals surface area contributed by atoms with Crippen LogP contribution in [0.15, 0.2) is 30.3 Å². The summed E-state index contributed by atoms with van der Waals surface area (Å²) < 4.78 is 12.0. The number of ether oxygens (including phenoxy) is 2. The highest BCUT2D eigenvalue weighted by Gasteiger charge is 2.15. The molecule has 0 aliphatic carbocycles. The number of carbonyl (C=O) groups excluding carboxylic acids is 2. The highest BCUT2D eigenvalue weighted by atomic mass is 16.5. The van der Waals surface area contributed by atoms with Crippen molar-refractivity contribution in [2.24, 2.45) is 0 Å². The first-order valence-corrected chi connectivity index (χ1v) is 9.04. The fraction of sp³-hybridized carbons (Fsp3) is 0.333. The largest absolute Gasteiger partial charge is 0.497 e. The van der Waals surface area contributed by atoms with Crippen LogP contribution in [0.3, 0.4) is 0 Å². The van der Waals surface area contributed by atoms with Crippen LogP contribution >= 0.6 is 0 Å². The molecule has 0 amide bonds. The Balaban J connectivity index is 1.58. The van der Waals surface area contributed by atoms with E-state index in [0.29, 0.717) is 17.7 Å². The van der Waals surface area contributed by atoms with Crippen molar-refractivity contribution in [1.29, 1.82) is 0 Å². The number of fused-ring (bicyclic) bond motifs is 1. The van der Waals surface area contributed by atoms with Crippen LogP contribution in [-0.2, 0) is 16.0 Å². The lowest BCUT2D eigenvalue weighted by molar-refractivity contribution is -0.142. The summed E-state index contributed by atoms with van der Waals surface area (Å²) in [5, 5.41) is 4.43. The molecule has 2 aromatic heterocycles. The first-order valence-electron chi connectivity index (χ1n) is 9.04. The minimum absolute atomic E-state index is 0.172. The highest BCUT2D eigenvalue weighted by molar-refractivity contribution is 5.98. The van der Waals surface area contributed by atoms with Gasteiger partial charge in [0.15, 0.2) is 18.0 Å². The van der Waals surface area contributed by atoms with E-state index < -0.39 is 5.97 Å². The lowest BCUT2D eigenvalue weighted by Crippen LogP contribution is -2.15. The number of hydrogen-bond acceptors (Lipinski definition) is 6. The summed E-state index contributed by atoms with van der Waals surface area (Å²) in [4.78, 5) is 28.8. The molecular weight excluding hydrogens is 358 g/mol. The van der Waals surface area contributed by atoms with E-state index in [2.05, 4.69) is 10.1 Å². The molecule has 0 unspecified atom stereocenters. The van der Waals surface area contributed by atoms with Gasteiger partial charge in [-0.05, 0) is 57.0 Å². The number of esters is 1. The Hall–Kier alpha value is -3.22. The molecule has 0 saturated heterocycles. The Morgan fingerprint density at radius 1 is 1.11 bits per heavy atom. The molecule has 2 heterocycles. The van der Waals surface area contributed by atoms with Gasteiger partial charge in [0.1, 0.15) is 5.75 Å². The van der Waals surface area contributed by atoms with Gasteiger partial charge in [-0.25, -0.2) is 9.50 Å². The van der Waals surface area contributed by atoms with E-state index in [1.807, 2.05) is 26.8 Å². The van der Waals surface area contributed by atoms with Crippen molar-refractivity contribution in [3.8, 4) is 5.75 Å². The number of benzene rings is 1. The smallest absolute Gasteiger partial charge is 0.306 e. The minimum Gasteiger partial charge on any atom is -0.497 e. The van der Waals surface area contributed by atoms with E-state index in [9.17, 15) is 9.59 Å². The standard InChI is InChI=1S/C21H23N3O4/c1-13-11-20-22-14(2)18(15(3)24(20)23-13)9-10-21(26)28-12-19(25)16-5-7-17(27-4)8-6-16/h5-8,11H,9-10,12H2,1-4H3. The Morgan fingerprint density at radius 3 is 2.50 bits per heavy atom. The van der Waals surface area contributed by atoms with Gasteiger partial charge >= 0.3 is 5.97 Å². The number of Topliss-reactive ketones (excluding diaryl/α,β-unsaturated/α-hetero) is 1. The predicted molar refractivity (Wildman–Crippen MR) is 104 cm³/mol. The lowest BCUT2D eigenvalue weighted by atomic mass is 10.1. The molecule has 0 atom stereocenters. The second-order valence-electron chi connectivity index (χ2n) is 6.63. The molecule has 0 saturated carbocycles. The maximum Gasteiger partial charge on any atom is 0.306 e. The van der Waals surface area contributed by atoms with Crippen LogP contribution in [-0.4, -0.2) is 40.1 Å². The van der Waals surface area contributed by atoms with E-state index in [-0.39, 0.29) is 18.8 Å². The summed E-state index contributed by atoms with van der Waals surface area (Å²) in [5.74, 6) is -0.00638. The summed E-state index contributed by atoms with van der Waals surface area (Å²) in [6.45, 7) is 5.52. The Kier molecular flexibility index (Phi) is 5.73. The van der Waals surface area contributed by atoms with E-state index in [1.165, 1.54) is 0 Å². The fourth-order valence-electron chi connectivity index (χ4n) is 3.11. The maximum atomic E-state index is 12.1. The third-order valence-electron chi connectivity index (χ3n) is 4.64. The second-order valence-corrected chi connectivity index (χ2v) is 6.63. The summed E-state index contributed by atoms with van der Waals surface area (Å²) in [6, 6.07) is 8.60. The summed E-state index contributed by atoms with van der Waals surface area (Å²) in [5.41, 5.74) is 4.95. The van der Waals surface area contributed by atoms with Gasteiger partial charge in [-0.1, -0.05) is 0 Å². The van der Waals surface area contributed by atoms with Gasteiger partial charge in [0.2, 0.25) is 0 Å². The fourth-order valence-corrected chi connectivity index (χ4v) is 3.11. The number of rotatable bonds is 7. The monoisotopic (exact) mass is 381 g/mol. The zero-order valence-corrected chi connectivity index (χ0v) is 16.5. The summed E-state index contributed by atoms with van der Waals surface area (Å²) >= 11 is 0. The molecule has 7 heteroatoms. The summed E-state index contributed by atoms with van der Waals surface area (Å²) in [6.07, 6.45) is 0.653. The number of ketones is 1. The third kappa shape index (κ3) is 4.19. The van der Waals surface area contributed by atoms with Crippen molar-refractivity contribution < 1.29 is 19.1 Å². The average molecular weight is 381 g/mol. The van der Waals surface area contributed by atoms with Crippen LogP contribution in [0.25, 0.3) is 5.65 Å². The SMILES string of the molecule is COc1ccc(C(=O)COC(=O)CCc2c(C)nc3cc(C)nn3c2C)cc1. The first-order chi connectivity index (χ1) is 13.4. The summed E-state index contributed by atoms with van der Waals surface area (Å²) in [7, 11) is 1.56. The molecular formula is C21H23N3O4. The zero-order chi connectivity index (χ0) is 20.3. The molecule has 0 aliphatic rings. The van der Waals surface area contributed by atoms with Crippen molar-refractivity contribution >= 4 is 17.4 Å². The number of carbonyl (C=O) groups is 2. The molecule has 7 nitrogen and oxygen atoms in total. The number of methoxy groups -OCH3 is 1. The maximum absolute atomic E-state index is 12.1. The van der Waals surface area contributed by atoms with Gasteiger partial charge in [-0.2, -0.15) is 5.10 Å². The number of aromatic nitrogens is 3. The van der Waals surface area contributed by atoms with Crippen molar-refractivity contribution in [2.75, 3.05) is 13.7 Å². The van der Waals surface area contributed by atoms with E-state index in [0.717, 1.165) is 28.3 Å². The van der Waals surface area contributed by atoms with Crippen molar-refractivity contribution in [3.05, 3.63) is 58.5 Å². The quantitative estimate of drug-likeness (QED) is 0.462. The van der Waals surface area contributed by atoms with E-state index in [4.69, 9.17) is 9.47 Å². The van der Waals surface area contributed by atoms with Gasteiger partial charge in [0.25, 0.3) is 0 Å². The van der Waals surface area contributed by atoms with Gasteiger partial charge in [0.05, 0.1) is 12.8 Å². The zero-order valence-electron chi connectivity index (χ0n) is 16.5. The second kappa shape index (κ2) is 8.21. The Labute approximate surface area is 163 Å². The van der Waals surface area contributed by atoms with Crippen LogP contribution in [0.5, 0.6) is 5.75 Å². The highest BCUT2D eigenvalue weighted by Crippen LogP contribution is 2.17. The molecule has 0 fully saturated rings. The average Bonchev–Trinajstić information content (AvgIpc) is 3.06. The van der Waals surface area contributed by atoms with E-state index in [1.54, 1.807) is 35.9 Å². The van der Waals surface area contributed by atoms with Crippen LogP contribution in [0.4, 0.5) is 0 Å². The molecule has 1 aromatic carbocycles. The van der Waals surface area contributed by atoms with Crippen molar-refractivity contribution in [2.45, 2.75) is 33.6 Å². The number of nitrogens with zero attached hydrogens (tertiary/aromatic N) is 3. The van der Waals surface area contributed by atoms with Gasteiger partial charge in [0, 0.05) is 29.4 Å². The Morgan fingerprint density at radius 2 is 1.82 bits per heavy atom. The topological polar surface area (TPSA) is 82.8 Å². The molecule has 0 radical (unpaired) electrons. The number of hydrogen-bond donors (Lipinski definition) is 0. The first kappa shape index (κ1) is 19.5. The van der Waals surface area contributed by atoms with Crippen LogP contribution < -0.4 is 4.74 Å². The predicted octanol–water partition coefficient (Wildman–Crippen LogP) is 3.02. The van der Waals surface area contributed by atoms with Crippen LogP contribution in [0.2, 0.25) is 0 Å². The van der Waals surface area contributed by atoms with Gasteiger partial charge in [-0.3, -0.25) is 9.59 Å². The van der Waals surface area contributed by atoms with Crippen LogP contribution in [0, 0.1) is 20.8 Å². The molecule has 0 N–H and O–H groups in total. The molecule has 0 aliphatic heterocycles. The molecule has 3 aromatic rings. The normalized spacial score (nSPS) is 10.9. The third-order valence-corrected chi connectivity index (χ3v) is 4.64. The molecule has 28 heavy (non-hydrogen) atoms. The van der Waals surface area contributed by atoms with Gasteiger partial charge in [-0.15, -0.1) is 0 Å².